The number of carbonyl (C=O) groups is 2. The molecular weight excluding hydrogens is 308 g/mol. The van der Waals surface area contributed by atoms with Crippen molar-refractivity contribution in [3.8, 4) is 0 Å². The van der Waals surface area contributed by atoms with E-state index in [2.05, 4.69) is 0 Å². The highest BCUT2D eigenvalue weighted by Gasteiger charge is 2.29. The van der Waals surface area contributed by atoms with Crippen LogP contribution in [0.15, 0.2) is 60.7 Å². The standard InChI is InChI=1S/C19H18O5/c20-18(14-7-3-1-4-8-14)22-13-16-11-12-17(23-16)24-19(21)15-9-5-2-6-10-15/h1-10,16-17H,11-13H2/t16-,17+/m0/s1. The molecule has 0 N–H and O–H groups in total. The Labute approximate surface area is 140 Å². The quantitative estimate of drug-likeness (QED) is 0.790. The van der Waals surface area contributed by atoms with Crippen LogP contribution in [0.25, 0.3) is 0 Å². The number of benzene rings is 2. The van der Waals surface area contributed by atoms with Crippen LogP contribution in [-0.4, -0.2) is 30.9 Å². The molecule has 0 unspecified atom stereocenters. The molecule has 1 saturated heterocycles. The molecule has 0 amide bonds. The van der Waals surface area contributed by atoms with E-state index in [1.54, 1.807) is 48.5 Å². The molecule has 0 aliphatic carbocycles. The highest BCUT2D eigenvalue weighted by atomic mass is 16.7. The van der Waals surface area contributed by atoms with Gasteiger partial charge in [0.15, 0.2) is 0 Å². The van der Waals surface area contributed by atoms with Crippen molar-refractivity contribution in [1.29, 1.82) is 0 Å². The Morgan fingerprint density at radius 2 is 1.46 bits per heavy atom. The third-order valence-corrected chi connectivity index (χ3v) is 3.73. The molecule has 2 atom stereocenters. The molecular formula is C19H18O5. The number of ether oxygens (including phenoxy) is 3. The zero-order valence-corrected chi connectivity index (χ0v) is 13.1. The Balaban J connectivity index is 1.44. The van der Waals surface area contributed by atoms with Crippen LogP contribution in [0.1, 0.15) is 33.6 Å². The Kier molecular flexibility index (Phi) is 5.23. The Morgan fingerprint density at radius 3 is 2.08 bits per heavy atom. The van der Waals surface area contributed by atoms with Crippen LogP contribution in [0.4, 0.5) is 0 Å². The monoisotopic (exact) mass is 326 g/mol. The second kappa shape index (κ2) is 7.75. The van der Waals surface area contributed by atoms with Crippen LogP contribution in [0.3, 0.4) is 0 Å². The molecule has 2 aromatic carbocycles. The van der Waals surface area contributed by atoms with Gasteiger partial charge in [0.25, 0.3) is 0 Å². The molecule has 0 spiro atoms. The molecule has 2 aromatic rings. The van der Waals surface area contributed by atoms with E-state index in [4.69, 9.17) is 14.2 Å². The highest BCUT2D eigenvalue weighted by molar-refractivity contribution is 5.89. The summed E-state index contributed by atoms with van der Waals surface area (Å²) in [5, 5.41) is 0. The van der Waals surface area contributed by atoms with E-state index >= 15 is 0 Å². The first-order valence-corrected chi connectivity index (χ1v) is 7.86. The third-order valence-electron chi connectivity index (χ3n) is 3.73. The minimum atomic E-state index is -0.599. The van der Waals surface area contributed by atoms with Crippen LogP contribution in [-0.2, 0) is 14.2 Å². The van der Waals surface area contributed by atoms with Crippen molar-refractivity contribution in [2.75, 3.05) is 6.61 Å². The lowest BCUT2D eigenvalue weighted by Gasteiger charge is -2.14. The summed E-state index contributed by atoms with van der Waals surface area (Å²) in [7, 11) is 0. The van der Waals surface area contributed by atoms with Crippen molar-refractivity contribution >= 4 is 11.9 Å². The van der Waals surface area contributed by atoms with E-state index in [0.717, 1.165) is 0 Å². The maximum Gasteiger partial charge on any atom is 0.340 e. The molecule has 0 radical (unpaired) electrons. The average molecular weight is 326 g/mol. The fraction of sp³-hybridized carbons (Fsp3) is 0.263. The van der Waals surface area contributed by atoms with Crippen LogP contribution >= 0.6 is 0 Å². The van der Waals surface area contributed by atoms with Gasteiger partial charge in [0.2, 0.25) is 6.29 Å². The summed E-state index contributed by atoms with van der Waals surface area (Å²) in [5.74, 6) is -0.800. The molecule has 5 nitrogen and oxygen atoms in total. The van der Waals surface area contributed by atoms with Gasteiger partial charge in [-0.15, -0.1) is 0 Å². The summed E-state index contributed by atoms with van der Waals surface area (Å²) >= 11 is 0. The van der Waals surface area contributed by atoms with Gasteiger partial charge in [0, 0.05) is 6.42 Å². The molecule has 0 bridgehead atoms. The van der Waals surface area contributed by atoms with Gasteiger partial charge >= 0.3 is 11.9 Å². The zero-order valence-electron chi connectivity index (χ0n) is 13.1. The Morgan fingerprint density at radius 1 is 0.875 bits per heavy atom. The molecule has 1 aliphatic rings. The number of esters is 2. The largest absolute Gasteiger partial charge is 0.459 e. The normalized spacial score (nSPS) is 19.7. The second-order valence-corrected chi connectivity index (χ2v) is 5.50. The minimum absolute atomic E-state index is 0.146. The summed E-state index contributed by atoms with van der Waals surface area (Å²) in [5.41, 5.74) is 0.989. The smallest absolute Gasteiger partial charge is 0.340 e. The van der Waals surface area contributed by atoms with Crippen LogP contribution in [0.2, 0.25) is 0 Å². The van der Waals surface area contributed by atoms with Crippen molar-refractivity contribution in [1.82, 2.24) is 0 Å². The first-order valence-electron chi connectivity index (χ1n) is 7.86. The average Bonchev–Trinajstić information content (AvgIpc) is 3.08. The lowest BCUT2D eigenvalue weighted by atomic mass is 10.2. The van der Waals surface area contributed by atoms with Crippen molar-refractivity contribution in [2.24, 2.45) is 0 Å². The summed E-state index contributed by atoms with van der Waals surface area (Å²) < 4.78 is 16.2. The zero-order chi connectivity index (χ0) is 16.8. The first kappa shape index (κ1) is 16.2. The van der Waals surface area contributed by atoms with Crippen LogP contribution in [0.5, 0.6) is 0 Å². The van der Waals surface area contributed by atoms with E-state index in [9.17, 15) is 9.59 Å². The van der Waals surface area contributed by atoms with Gasteiger partial charge in [-0.05, 0) is 30.7 Å². The molecule has 0 saturated carbocycles. The number of hydrogen-bond donors (Lipinski definition) is 0. The Hall–Kier alpha value is -2.66. The summed E-state index contributed by atoms with van der Waals surface area (Å²) in [6, 6.07) is 17.6. The summed E-state index contributed by atoms with van der Waals surface area (Å²) in [4.78, 5) is 23.9. The molecule has 24 heavy (non-hydrogen) atoms. The fourth-order valence-corrected chi connectivity index (χ4v) is 2.47. The van der Waals surface area contributed by atoms with Gasteiger partial charge in [0.1, 0.15) is 6.61 Å². The molecule has 5 heteroatoms. The number of carbonyl (C=O) groups excluding carboxylic acids is 2. The molecule has 124 valence electrons. The topological polar surface area (TPSA) is 61.8 Å². The van der Waals surface area contributed by atoms with E-state index in [-0.39, 0.29) is 18.7 Å². The third kappa shape index (κ3) is 4.20. The SMILES string of the molecule is O=C(OC[C@@H]1CC[C@@H](OC(=O)c2ccccc2)O1)c1ccccc1. The van der Waals surface area contributed by atoms with E-state index in [1.165, 1.54) is 0 Å². The van der Waals surface area contributed by atoms with Crippen molar-refractivity contribution in [3.63, 3.8) is 0 Å². The molecule has 1 fully saturated rings. The van der Waals surface area contributed by atoms with Crippen molar-refractivity contribution in [2.45, 2.75) is 25.2 Å². The lowest BCUT2D eigenvalue weighted by Crippen LogP contribution is -2.22. The number of rotatable bonds is 5. The van der Waals surface area contributed by atoms with Crippen molar-refractivity contribution in [3.05, 3.63) is 71.8 Å². The first-order chi connectivity index (χ1) is 11.7. The van der Waals surface area contributed by atoms with Gasteiger partial charge in [-0.1, -0.05) is 36.4 Å². The van der Waals surface area contributed by atoms with Gasteiger partial charge in [-0.2, -0.15) is 0 Å². The summed E-state index contributed by atoms with van der Waals surface area (Å²) in [6.07, 6.45) is 0.408. The second-order valence-electron chi connectivity index (χ2n) is 5.50. The van der Waals surface area contributed by atoms with Gasteiger partial charge in [-0.3, -0.25) is 0 Å². The van der Waals surface area contributed by atoms with Crippen LogP contribution < -0.4 is 0 Å². The Bertz CT molecular complexity index is 683. The minimum Gasteiger partial charge on any atom is -0.459 e. The van der Waals surface area contributed by atoms with E-state index in [1.807, 2.05) is 12.1 Å². The van der Waals surface area contributed by atoms with Gasteiger partial charge in [-0.25, -0.2) is 9.59 Å². The lowest BCUT2D eigenvalue weighted by molar-refractivity contribution is -0.112. The van der Waals surface area contributed by atoms with E-state index < -0.39 is 12.3 Å². The fourth-order valence-electron chi connectivity index (χ4n) is 2.47. The van der Waals surface area contributed by atoms with E-state index in [0.29, 0.717) is 24.0 Å². The number of hydrogen-bond acceptors (Lipinski definition) is 5. The predicted molar refractivity (Wildman–Crippen MR) is 86.5 cm³/mol. The maximum absolute atomic E-state index is 12.0. The van der Waals surface area contributed by atoms with Gasteiger partial charge < -0.3 is 14.2 Å². The predicted octanol–water partition coefficient (Wildman–Crippen LogP) is 3.21. The molecule has 0 aromatic heterocycles. The van der Waals surface area contributed by atoms with Crippen LogP contribution in [0, 0.1) is 0 Å². The maximum atomic E-state index is 12.0. The molecule has 1 heterocycles. The van der Waals surface area contributed by atoms with Gasteiger partial charge in [0.05, 0.1) is 17.2 Å². The molecule has 3 rings (SSSR count). The van der Waals surface area contributed by atoms with Crippen molar-refractivity contribution < 1.29 is 23.8 Å². The highest BCUT2D eigenvalue weighted by Crippen LogP contribution is 2.22. The molecule has 1 aliphatic heterocycles. The summed E-state index contributed by atoms with van der Waals surface area (Å²) in [6.45, 7) is 0.146.